The maximum atomic E-state index is 15.0. The van der Waals surface area contributed by atoms with Crippen molar-refractivity contribution in [3.63, 3.8) is 0 Å². The summed E-state index contributed by atoms with van der Waals surface area (Å²) in [5.41, 5.74) is -2.13. The van der Waals surface area contributed by atoms with Crippen molar-refractivity contribution in [1.82, 2.24) is 4.90 Å². The fourth-order valence-electron chi connectivity index (χ4n) is 13.3. The quantitative estimate of drug-likeness (QED) is 0.287. The van der Waals surface area contributed by atoms with Gasteiger partial charge in [0.2, 0.25) is 0 Å². The lowest BCUT2D eigenvalue weighted by molar-refractivity contribution is -0.213. The molecular formula is C42H59NO10. The Hall–Kier alpha value is -3.21. The van der Waals surface area contributed by atoms with Gasteiger partial charge >= 0.3 is 23.7 Å². The molecule has 1 aliphatic heterocycles. The summed E-state index contributed by atoms with van der Waals surface area (Å²) in [5.74, 6) is -2.42. The Morgan fingerprint density at radius 1 is 0.925 bits per heavy atom. The molecule has 11 nitrogen and oxygen atoms in total. The highest BCUT2D eigenvalue weighted by Crippen LogP contribution is 2.75. The van der Waals surface area contributed by atoms with Crippen LogP contribution in [0, 0.1) is 57.2 Å². The SMILES string of the molecule is CCOC(=O)[C@H]1CCCN1[C@H]1CC[C@@]2(C)[C@@H](CC[C@]3(C)[C@@H]2C(=O)C=C2[C@@H]4C[C@@](C)(C(=O)O)CC[C@]4(C)CC[C@]23C)[C@]1(C)C(=O)OCc1oc(=O)oc1C. The van der Waals surface area contributed by atoms with E-state index in [1.807, 2.05) is 19.9 Å². The van der Waals surface area contributed by atoms with E-state index in [-0.39, 0.29) is 71.1 Å². The van der Waals surface area contributed by atoms with E-state index in [9.17, 15) is 24.3 Å². The number of carbonyl (C=O) groups excluding carboxylic acids is 3. The molecule has 11 heteroatoms. The van der Waals surface area contributed by atoms with Crippen molar-refractivity contribution in [2.24, 2.45) is 50.2 Å². The summed E-state index contributed by atoms with van der Waals surface area (Å²) in [7, 11) is 0. The number of aliphatic carboxylic acids is 1. The predicted molar refractivity (Wildman–Crippen MR) is 193 cm³/mol. The van der Waals surface area contributed by atoms with Crippen LogP contribution in [-0.4, -0.2) is 58.9 Å². The molecule has 0 spiro atoms. The smallest absolute Gasteiger partial charge is 0.481 e. The number of esters is 2. The molecule has 5 aliphatic carbocycles. The van der Waals surface area contributed by atoms with E-state index in [0.717, 1.165) is 37.7 Å². The molecule has 0 bridgehead atoms. The Morgan fingerprint density at radius 3 is 2.30 bits per heavy atom. The van der Waals surface area contributed by atoms with E-state index in [1.54, 1.807) is 13.8 Å². The van der Waals surface area contributed by atoms with Crippen molar-refractivity contribution in [3.8, 4) is 0 Å². The standard InChI is InChI=1S/C42H59NO10/c1-9-50-33(45)27-11-10-20-43(27)31-13-14-39(5)30(42(31,8)35(48)51-23-29-24(2)52-36(49)53-29)12-15-41(7)32(39)28(44)21-25-26-22-38(4,34(46)47)17-16-37(26,3)18-19-40(25,41)6/h21,26-27,30-32H,9-20,22-23H2,1-8H3,(H,46,47)/t26-,27+,30+,31-,32+,37+,38-,39-,40+,41+,42-/m0/s1. The Kier molecular flexibility index (Phi) is 9.10. The van der Waals surface area contributed by atoms with Gasteiger partial charge < -0.3 is 23.4 Å². The highest BCUT2D eigenvalue weighted by molar-refractivity contribution is 5.96. The lowest BCUT2D eigenvalue weighted by atomic mass is 9.33. The Bertz CT molecular complexity index is 1790. The summed E-state index contributed by atoms with van der Waals surface area (Å²) in [6.07, 6.45) is 10.0. The summed E-state index contributed by atoms with van der Waals surface area (Å²) >= 11 is 0. The molecule has 1 saturated heterocycles. The van der Waals surface area contributed by atoms with Gasteiger partial charge in [0, 0.05) is 12.0 Å². The zero-order chi connectivity index (χ0) is 38.5. The summed E-state index contributed by atoms with van der Waals surface area (Å²) < 4.78 is 21.8. The van der Waals surface area contributed by atoms with E-state index >= 15 is 4.79 Å². The van der Waals surface area contributed by atoms with Crippen LogP contribution in [0.4, 0.5) is 0 Å². The average molecular weight is 738 g/mol. The second-order valence-electron chi connectivity index (χ2n) is 19.1. The molecule has 1 aromatic heterocycles. The number of carboxylic acid groups (broad SMARTS) is 1. The molecule has 5 fully saturated rings. The Labute approximate surface area is 312 Å². The van der Waals surface area contributed by atoms with Gasteiger partial charge in [-0.25, -0.2) is 4.79 Å². The van der Waals surface area contributed by atoms with Gasteiger partial charge in [-0.2, -0.15) is 0 Å². The number of nitrogens with zero attached hydrogens (tertiary/aromatic N) is 1. The second kappa shape index (κ2) is 12.7. The lowest BCUT2D eigenvalue weighted by Crippen LogP contribution is -2.70. The number of carbonyl (C=O) groups is 4. The third kappa shape index (κ3) is 5.39. The number of likely N-dealkylation sites (tertiary alicyclic amines) is 1. The van der Waals surface area contributed by atoms with Crippen LogP contribution in [0.1, 0.15) is 131 Å². The number of rotatable bonds is 7. The molecule has 2 heterocycles. The average Bonchev–Trinajstić information content (AvgIpc) is 3.70. The lowest BCUT2D eigenvalue weighted by Gasteiger charge is -2.70. The van der Waals surface area contributed by atoms with Gasteiger partial charge in [-0.15, -0.1) is 0 Å². The molecule has 0 unspecified atom stereocenters. The van der Waals surface area contributed by atoms with Crippen molar-refractivity contribution in [2.45, 2.75) is 145 Å². The molecule has 7 rings (SSSR count). The number of ether oxygens (including phenoxy) is 2. The molecule has 292 valence electrons. The summed E-state index contributed by atoms with van der Waals surface area (Å²) in [5, 5.41) is 10.3. The van der Waals surface area contributed by atoms with Crippen molar-refractivity contribution < 1.29 is 42.6 Å². The first-order valence-corrected chi connectivity index (χ1v) is 20.0. The number of aryl methyl sites for hydroxylation is 1. The molecule has 1 aromatic rings. The summed E-state index contributed by atoms with van der Waals surface area (Å²) in [4.78, 5) is 69.7. The van der Waals surface area contributed by atoms with E-state index in [0.29, 0.717) is 45.1 Å². The monoisotopic (exact) mass is 737 g/mol. The highest BCUT2D eigenvalue weighted by Gasteiger charge is 2.72. The summed E-state index contributed by atoms with van der Waals surface area (Å²) in [6, 6.07) is -0.804. The molecule has 0 radical (unpaired) electrons. The van der Waals surface area contributed by atoms with Crippen LogP contribution < -0.4 is 5.82 Å². The third-order valence-corrected chi connectivity index (χ3v) is 16.6. The van der Waals surface area contributed by atoms with E-state index in [4.69, 9.17) is 18.3 Å². The Morgan fingerprint density at radius 2 is 1.64 bits per heavy atom. The van der Waals surface area contributed by atoms with E-state index < -0.39 is 45.5 Å². The minimum Gasteiger partial charge on any atom is -0.481 e. The summed E-state index contributed by atoms with van der Waals surface area (Å²) in [6.45, 7) is 17.0. The van der Waals surface area contributed by atoms with Gasteiger partial charge in [-0.1, -0.05) is 33.3 Å². The number of ketones is 1. The largest absolute Gasteiger partial charge is 0.519 e. The molecule has 1 N–H and O–H groups in total. The van der Waals surface area contributed by atoms with Crippen molar-refractivity contribution in [1.29, 1.82) is 0 Å². The van der Waals surface area contributed by atoms with Crippen molar-refractivity contribution in [2.75, 3.05) is 13.2 Å². The first-order valence-electron chi connectivity index (χ1n) is 20.0. The molecule has 53 heavy (non-hydrogen) atoms. The molecule has 0 aromatic carbocycles. The van der Waals surface area contributed by atoms with E-state index in [1.165, 1.54) is 0 Å². The van der Waals surface area contributed by atoms with Crippen LogP contribution in [0.25, 0.3) is 0 Å². The number of hydrogen-bond acceptors (Lipinski definition) is 10. The zero-order valence-corrected chi connectivity index (χ0v) is 32.9. The predicted octanol–water partition coefficient (Wildman–Crippen LogP) is 7.03. The van der Waals surface area contributed by atoms with Gasteiger partial charge in [0.25, 0.3) is 0 Å². The topological polar surface area (TPSA) is 154 Å². The number of hydrogen-bond donors (Lipinski definition) is 1. The number of carboxylic acids is 1. The zero-order valence-electron chi connectivity index (χ0n) is 32.9. The van der Waals surface area contributed by atoms with Gasteiger partial charge in [-0.3, -0.25) is 24.1 Å². The Balaban J connectivity index is 1.29. The van der Waals surface area contributed by atoms with Crippen LogP contribution in [0.15, 0.2) is 25.3 Å². The molecular weight excluding hydrogens is 678 g/mol. The van der Waals surface area contributed by atoms with Gasteiger partial charge in [0.05, 0.1) is 17.4 Å². The van der Waals surface area contributed by atoms with Crippen LogP contribution >= 0.6 is 0 Å². The van der Waals surface area contributed by atoms with Crippen molar-refractivity contribution >= 4 is 23.7 Å². The first kappa shape index (κ1) is 38.1. The molecule has 11 atom stereocenters. The number of fused-ring (bicyclic) bond motifs is 7. The second-order valence-corrected chi connectivity index (χ2v) is 19.1. The minimum atomic E-state index is -1.11. The normalized spacial score (nSPS) is 43.8. The van der Waals surface area contributed by atoms with Gasteiger partial charge in [-0.05, 0) is 144 Å². The molecule has 0 amide bonds. The fraction of sp³-hybridized carbons (Fsp3) is 0.786. The maximum Gasteiger partial charge on any atom is 0.519 e. The van der Waals surface area contributed by atoms with Crippen LogP contribution in [0.2, 0.25) is 0 Å². The highest BCUT2D eigenvalue weighted by atomic mass is 16.6. The van der Waals surface area contributed by atoms with Crippen LogP contribution in [0.3, 0.4) is 0 Å². The van der Waals surface area contributed by atoms with E-state index in [2.05, 4.69) is 32.6 Å². The van der Waals surface area contributed by atoms with Crippen molar-refractivity contribution in [3.05, 3.63) is 33.8 Å². The molecule has 4 saturated carbocycles. The first-order chi connectivity index (χ1) is 24.8. The number of allylic oxidation sites excluding steroid dienone is 2. The molecule has 6 aliphatic rings. The van der Waals surface area contributed by atoms with Gasteiger partial charge in [0.15, 0.2) is 23.9 Å². The minimum absolute atomic E-state index is 0.0146. The van der Waals surface area contributed by atoms with Crippen LogP contribution in [0.5, 0.6) is 0 Å². The van der Waals surface area contributed by atoms with Crippen LogP contribution in [-0.2, 0) is 35.3 Å². The fourth-order valence-corrected chi connectivity index (χ4v) is 13.3. The maximum absolute atomic E-state index is 15.0. The van der Waals surface area contributed by atoms with Gasteiger partial charge in [0.1, 0.15) is 6.04 Å². The third-order valence-electron chi connectivity index (χ3n) is 16.6.